The molecular formula is C14H20N2. The van der Waals surface area contributed by atoms with Gasteiger partial charge in [0.15, 0.2) is 0 Å². The monoisotopic (exact) mass is 216 g/mol. The number of benzene rings is 1. The van der Waals surface area contributed by atoms with Gasteiger partial charge in [0.05, 0.1) is 0 Å². The minimum Gasteiger partial charge on any atom is -0.383 e. The van der Waals surface area contributed by atoms with E-state index in [1.807, 2.05) is 19.9 Å². The van der Waals surface area contributed by atoms with Crippen molar-refractivity contribution in [2.24, 2.45) is 0 Å². The van der Waals surface area contributed by atoms with E-state index in [0.29, 0.717) is 5.82 Å². The summed E-state index contributed by atoms with van der Waals surface area (Å²) in [6, 6.07) is 4.13. The standard InChI is InChI=1S/C12H14N2.C2H6/c1-7-6-11-10(9(3)8(7)2)4-5-14-12(11)13;1-2/h4-6H,1-3H3,(H2,13,14);1-2H3. The summed E-state index contributed by atoms with van der Waals surface area (Å²) < 4.78 is 0. The van der Waals surface area contributed by atoms with Crippen LogP contribution >= 0.6 is 0 Å². The molecule has 1 heterocycles. The molecule has 0 saturated carbocycles. The predicted octanol–water partition coefficient (Wildman–Crippen LogP) is 3.77. The number of aromatic nitrogens is 1. The van der Waals surface area contributed by atoms with Gasteiger partial charge in [-0.05, 0) is 55.0 Å². The Morgan fingerprint density at radius 3 is 2.25 bits per heavy atom. The molecule has 0 unspecified atom stereocenters. The number of pyridine rings is 1. The number of nitrogen functional groups attached to an aromatic ring is 1. The Bertz CT molecular complexity index is 502. The molecule has 2 N–H and O–H groups in total. The molecule has 1 aromatic carbocycles. The summed E-state index contributed by atoms with van der Waals surface area (Å²) in [5.74, 6) is 0.619. The van der Waals surface area contributed by atoms with Crippen molar-refractivity contribution >= 4 is 16.6 Å². The lowest BCUT2D eigenvalue weighted by Gasteiger charge is -2.10. The maximum atomic E-state index is 5.83. The van der Waals surface area contributed by atoms with Crippen molar-refractivity contribution in [3.63, 3.8) is 0 Å². The Hall–Kier alpha value is -1.57. The molecule has 0 spiro atoms. The first kappa shape index (κ1) is 12.5. The molecule has 0 bridgehead atoms. The van der Waals surface area contributed by atoms with E-state index in [9.17, 15) is 0 Å². The molecular weight excluding hydrogens is 196 g/mol. The summed E-state index contributed by atoms with van der Waals surface area (Å²) in [5, 5.41) is 2.27. The molecule has 0 aliphatic carbocycles. The highest BCUT2D eigenvalue weighted by molar-refractivity contribution is 5.94. The highest BCUT2D eigenvalue weighted by atomic mass is 14.8. The lowest BCUT2D eigenvalue weighted by atomic mass is 9.97. The average Bonchev–Trinajstić information content (AvgIpc) is 2.31. The molecule has 16 heavy (non-hydrogen) atoms. The molecule has 2 nitrogen and oxygen atoms in total. The van der Waals surface area contributed by atoms with E-state index >= 15 is 0 Å². The molecule has 2 rings (SSSR count). The van der Waals surface area contributed by atoms with Crippen molar-refractivity contribution in [3.8, 4) is 0 Å². The van der Waals surface area contributed by atoms with Crippen LogP contribution in [-0.4, -0.2) is 4.98 Å². The number of nitrogens with two attached hydrogens (primary N) is 1. The zero-order valence-corrected chi connectivity index (χ0v) is 10.8. The van der Waals surface area contributed by atoms with Crippen LogP contribution < -0.4 is 5.73 Å². The molecule has 86 valence electrons. The SMILES string of the molecule is CC.Cc1cc2c(N)nccc2c(C)c1C. The minimum atomic E-state index is 0.619. The Morgan fingerprint density at radius 1 is 1.00 bits per heavy atom. The fourth-order valence-electron chi connectivity index (χ4n) is 1.79. The van der Waals surface area contributed by atoms with Crippen LogP contribution in [0.5, 0.6) is 0 Å². The first-order valence-electron chi connectivity index (χ1n) is 5.72. The summed E-state index contributed by atoms with van der Waals surface area (Å²) in [6.07, 6.45) is 1.76. The number of fused-ring (bicyclic) bond motifs is 1. The van der Waals surface area contributed by atoms with Crippen molar-refractivity contribution in [1.82, 2.24) is 4.98 Å². The highest BCUT2D eigenvalue weighted by Gasteiger charge is 2.05. The van der Waals surface area contributed by atoms with E-state index in [1.54, 1.807) is 6.20 Å². The Morgan fingerprint density at radius 2 is 1.62 bits per heavy atom. The van der Waals surface area contributed by atoms with Crippen LogP contribution in [0, 0.1) is 20.8 Å². The van der Waals surface area contributed by atoms with Crippen LogP contribution in [0.4, 0.5) is 5.82 Å². The Kier molecular flexibility index (Phi) is 3.88. The van der Waals surface area contributed by atoms with Gasteiger partial charge in [0.25, 0.3) is 0 Å². The Balaban J connectivity index is 0.000000606. The van der Waals surface area contributed by atoms with Gasteiger partial charge in [-0.3, -0.25) is 0 Å². The Labute approximate surface area is 97.5 Å². The summed E-state index contributed by atoms with van der Waals surface area (Å²) in [6.45, 7) is 10.4. The van der Waals surface area contributed by atoms with Gasteiger partial charge >= 0.3 is 0 Å². The van der Waals surface area contributed by atoms with Gasteiger partial charge in [0.1, 0.15) is 5.82 Å². The molecule has 2 aromatic rings. The maximum absolute atomic E-state index is 5.83. The molecule has 0 aliphatic heterocycles. The molecule has 0 radical (unpaired) electrons. The van der Waals surface area contributed by atoms with Gasteiger partial charge in [0.2, 0.25) is 0 Å². The molecule has 0 amide bonds. The van der Waals surface area contributed by atoms with Gasteiger partial charge in [-0.25, -0.2) is 4.98 Å². The first-order chi connectivity index (χ1) is 7.61. The van der Waals surface area contributed by atoms with Gasteiger partial charge in [-0.15, -0.1) is 0 Å². The number of aryl methyl sites for hydroxylation is 2. The number of nitrogens with zero attached hydrogens (tertiary/aromatic N) is 1. The number of hydrogen-bond acceptors (Lipinski definition) is 2. The van der Waals surface area contributed by atoms with Crippen LogP contribution in [0.3, 0.4) is 0 Å². The van der Waals surface area contributed by atoms with Crippen LogP contribution in [-0.2, 0) is 0 Å². The average molecular weight is 216 g/mol. The van der Waals surface area contributed by atoms with E-state index in [2.05, 4.69) is 31.8 Å². The fourth-order valence-corrected chi connectivity index (χ4v) is 1.79. The van der Waals surface area contributed by atoms with E-state index in [4.69, 9.17) is 5.73 Å². The first-order valence-corrected chi connectivity index (χ1v) is 5.72. The van der Waals surface area contributed by atoms with Crippen LogP contribution in [0.25, 0.3) is 10.8 Å². The van der Waals surface area contributed by atoms with Crippen molar-refractivity contribution in [2.45, 2.75) is 34.6 Å². The second-order valence-corrected chi connectivity index (χ2v) is 3.73. The van der Waals surface area contributed by atoms with E-state index in [-0.39, 0.29) is 0 Å². The van der Waals surface area contributed by atoms with Gasteiger partial charge < -0.3 is 5.73 Å². The summed E-state index contributed by atoms with van der Waals surface area (Å²) >= 11 is 0. The topological polar surface area (TPSA) is 38.9 Å². The van der Waals surface area contributed by atoms with E-state index in [1.165, 1.54) is 22.1 Å². The second-order valence-electron chi connectivity index (χ2n) is 3.73. The quantitative estimate of drug-likeness (QED) is 0.728. The van der Waals surface area contributed by atoms with Crippen molar-refractivity contribution in [3.05, 3.63) is 35.0 Å². The third kappa shape index (κ3) is 2.01. The van der Waals surface area contributed by atoms with Crippen LogP contribution in [0.15, 0.2) is 18.3 Å². The number of rotatable bonds is 0. The molecule has 1 aromatic heterocycles. The predicted molar refractivity (Wildman–Crippen MR) is 71.7 cm³/mol. The van der Waals surface area contributed by atoms with Gasteiger partial charge in [-0.1, -0.05) is 13.8 Å². The maximum Gasteiger partial charge on any atom is 0.131 e. The third-order valence-electron chi connectivity index (χ3n) is 2.94. The largest absolute Gasteiger partial charge is 0.383 e. The van der Waals surface area contributed by atoms with Crippen LogP contribution in [0.1, 0.15) is 30.5 Å². The highest BCUT2D eigenvalue weighted by Crippen LogP contribution is 2.26. The van der Waals surface area contributed by atoms with Gasteiger partial charge in [0, 0.05) is 11.6 Å². The molecule has 0 atom stereocenters. The van der Waals surface area contributed by atoms with E-state index < -0.39 is 0 Å². The summed E-state index contributed by atoms with van der Waals surface area (Å²) in [7, 11) is 0. The summed E-state index contributed by atoms with van der Waals surface area (Å²) in [5.41, 5.74) is 9.74. The molecule has 0 aliphatic rings. The van der Waals surface area contributed by atoms with Crippen molar-refractivity contribution < 1.29 is 0 Å². The molecule has 0 saturated heterocycles. The zero-order chi connectivity index (χ0) is 12.3. The molecule has 2 heteroatoms. The zero-order valence-electron chi connectivity index (χ0n) is 10.8. The van der Waals surface area contributed by atoms with Crippen LogP contribution in [0.2, 0.25) is 0 Å². The third-order valence-corrected chi connectivity index (χ3v) is 2.94. The lowest BCUT2D eigenvalue weighted by molar-refractivity contribution is 1.28. The number of anilines is 1. The number of hydrogen-bond donors (Lipinski definition) is 1. The molecule has 0 fully saturated rings. The van der Waals surface area contributed by atoms with Crippen molar-refractivity contribution in [2.75, 3.05) is 5.73 Å². The van der Waals surface area contributed by atoms with E-state index in [0.717, 1.165) is 5.39 Å². The van der Waals surface area contributed by atoms with Crippen molar-refractivity contribution in [1.29, 1.82) is 0 Å². The smallest absolute Gasteiger partial charge is 0.131 e. The minimum absolute atomic E-state index is 0.619. The van der Waals surface area contributed by atoms with Gasteiger partial charge in [-0.2, -0.15) is 0 Å². The lowest BCUT2D eigenvalue weighted by Crippen LogP contribution is -1.95. The second kappa shape index (κ2) is 4.97. The fraction of sp³-hybridized carbons (Fsp3) is 0.357. The summed E-state index contributed by atoms with van der Waals surface area (Å²) in [4.78, 5) is 4.10. The normalized spacial score (nSPS) is 9.81.